The summed E-state index contributed by atoms with van der Waals surface area (Å²) >= 11 is 0. The molecule has 1 atom stereocenters. The quantitative estimate of drug-likeness (QED) is 0.811. The van der Waals surface area contributed by atoms with Gasteiger partial charge in [-0.3, -0.25) is 4.79 Å². The predicted octanol–water partition coefficient (Wildman–Crippen LogP) is 3.08. The van der Waals surface area contributed by atoms with E-state index in [9.17, 15) is 9.70 Å². The van der Waals surface area contributed by atoms with E-state index in [-0.39, 0.29) is 5.91 Å². The van der Waals surface area contributed by atoms with Gasteiger partial charge in [-0.15, -0.1) is 4.91 Å². The maximum absolute atomic E-state index is 12.6. The summed E-state index contributed by atoms with van der Waals surface area (Å²) in [5.41, 5.74) is 2.83. The fourth-order valence-corrected chi connectivity index (χ4v) is 2.76. The van der Waals surface area contributed by atoms with Crippen molar-refractivity contribution in [1.82, 2.24) is 4.90 Å². The lowest BCUT2D eigenvalue weighted by Crippen LogP contribution is -2.33. The first-order valence-electron chi connectivity index (χ1n) is 7.02. The van der Waals surface area contributed by atoms with Crippen molar-refractivity contribution in [2.24, 2.45) is 5.18 Å². The third kappa shape index (κ3) is 2.70. The molecule has 0 spiro atoms. The first-order chi connectivity index (χ1) is 10.3. The smallest absolute Gasteiger partial charge is 0.255 e. The molecule has 1 aliphatic heterocycles. The first-order valence-corrected chi connectivity index (χ1v) is 7.02. The van der Waals surface area contributed by atoms with E-state index >= 15 is 0 Å². The van der Waals surface area contributed by atoms with Crippen LogP contribution < -0.4 is 0 Å². The molecule has 4 heteroatoms. The highest BCUT2D eigenvalue weighted by atomic mass is 16.3. The lowest BCUT2D eigenvalue weighted by Gasteiger charge is -2.22. The number of hydrogen-bond donors (Lipinski definition) is 0. The maximum Gasteiger partial charge on any atom is 0.255 e. The zero-order chi connectivity index (χ0) is 14.7. The van der Waals surface area contributed by atoms with Crippen LogP contribution in [-0.4, -0.2) is 17.4 Å². The molecule has 21 heavy (non-hydrogen) atoms. The van der Waals surface area contributed by atoms with E-state index in [0.717, 1.165) is 23.1 Å². The van der Waals surface area contributed by atoms with Crippen molar-refractivity contribution in [1.29, 1.82) is 0 Å². The fraction of sp³-hybridized carbons (Fsp3) is 0.235. The number of fused-ring (bicyclic) bond motifs is 1. The number of carbonyl (C=O) groups is 1. The van der Waals surface area contributed by atoms with E-state index in [4.69, 9.17) is 0 Å². The number of rotatable bonds is 3. The second-order valence-electron chi connectivity index (χ2n) is 5.20. The van der Waals surface area contributed by atoms with E-state index in [1.807, 2.05) is 54.6 Å². The van der Waals surface area contributed by atoms with E-state index in [1.165, 1.54) is 0 Å². The number of hydrogen-bond acceptors (Lipinski definition) is 3. The van der Waals surface area contributed by atoms with Gasteiger partial charge in [-0.05, 0) is 23.1 Å². The highest BCUT2D eigenvalue weighted by Gasteiger charge is 2.31. The Bertz CT molecular complexity index is 655. The van der Waals surface area contributed by atoms with Crippen molar-refractivity contribution in [3.05, 3.63) is 76.2 Å². The molecule has 0 N–H and O–H groups in total. The molecule has 0 bridgehead atoms. The average molecular weight is 280 g/mol. The third-order valence-electron chi connectivity index (χ3n) is 3.87. The van der Waals surface area contributed by atoms with Gasteiger partial charge in [0, 0.05) is 13.1 Å². The normalized spacial score (nSPS) is 18.0. The Hall–Kier alpha value is -2.49. The minimum atomic E-state index is -0.924. The Labute approximate surface area is 123 Å². The zero-order valence-corrected chi connectivity index (χ0v) is 11.6. The molecule has 1 unspecified atom stereocenters. The van der Waals surface area contributed by atoms with Gasteiger partial charge in [0.15, 0.2) is 6.04 Å². The maximum atomic E-state index is 12.6. The third-order valence-corrected chi connectivity index (χ3v) is 3.87. The predicted molar refractivity (Wildman–Crippen MR) is 80.5 cm³/mol. The first kappa shape index (κ1) is 13.5. The Balaban J connectivity index is 1.89. The summed E-state index contributed by atoms with van der Waals surface area (Å²) in [6.07, 6.45) is 0.751. The Morgan fingerprint density at radius 3 is 2.52 bits per heavy atom. The summed E-state index contributed by atoms with van der Waals surface area (Å²) in [4.78, 5) is 25.5. The van der Waals surface area contributed by atoms with Crippen LogP contribution in [0.3, 0.4) is 0 Å². The van der Waals surface area contributed by atoms with E-state index in [0.29, 0.717) is 13.1 Å². The largest absolute Gasteiger partial charge is 0.336 e. The Morgan fingerprint density at radius 1 is 1.05 bits per heavy atom. The molecule has 1 aliphatic rings. The lowest BCUT2D eigenvalue weighted by molar-refractivity contribution is -0.133. The van der Waals surface area contributed by atoms with Crippen molar-refractivity contribution in [2.45, 2.75) is 19.0 Å². The van der Waals surface area contributed by atoms with Crippen molar-refractivity contribution < 1.29 is 4.79 Å². The summed E-state index contributed by atoms with van der Waals surface area (Å²) in [6.45, 7) is 1.12. The van der Waals surface area contributed by atoms with Crippen LogP contribution in [0.1, 0.15) is 22.7 Å². The molecule has 0 saturated carbocycles. The van der Waals surface area contributed by atoms with Crippen LogP contribution in [0.2, 0.25) is 0 Å². The van der Waals surface area contributed by atoms with Crippen LogP contribution >= 0.6 is 0 Å². The van der Waals surface area contributed by atoms with E-state index in [1.54, 1.807) is 4.90 Å². The summed E-state index contributed by atoms with van der Waals surface area (Å²) in [5.74, 6) is -0.209. The molecule has 2 aromatic rings. The average Bonchev–Trinajstić information content (AvgIpc) is 2.66. The fourth-order valence-electron chi connectivity index (χ4n) is 2.76. The van der Waals surface area contributed by atoms with Gasteiger partial charge in [0.05, 0.1) is 0 Å². The number of benzene rings is 2. The van der Waals surface area contributed by atoms with Gasteiger partial charge < -0.3 is 4.90 Å². The van der Waals surface area contributed by atoms with Gasteiger partial charge in [-0.25, -0.2) is 0 Å². The molecular weight excluding hydrogens is 264 g/mol. The second-order valence-corrected chi connectivity index (χ2v) is 5.20. The molecule has 106 valence electrons. The summed E-state index contributed by atoms with van der Waals surface area (Å²) in [6, 6.07) is 16.4. The van der Waals surface area contributed by atoms with Crippen molar-refractivity contribution >= 4 is 5.91 Å². The molecule has 0 radical (unpaired) electrons. The minimum Gasteiger partial charge on any atom is -0.336 e. The monoisotopic (exact) mass is 280 g/mol. The summed E-state index contributed by atoms with van der Waals surface area (Å²) < 4.78 is 0. The Kier molecular flexibility index (Phi) is 3.77. The highest BCUT2D eigenvalue weighted by molar-refractivity contribution is 5.84. The summed E-state index contributed by atoms with van der Waals surface area (Å²) in [7, 11) is 0. The van der Waals surface area contributed by atoms with Crippen molar-refractivity contribution in [3.8, 4) is 0 Å². The van der Waals surface area contributed by atoms with Gasteiger partial charge in [-0.1, -0.05) is 59.8 Å². The minimum absolute atomic E-state index is 0.209. The van der Waals surface area contributed by atoms with Crippen LogP contribution in [0.5, 0.6) is 0 Å². The van der Waals surface area contributed by atoms with Crippen LogP contribution in [-0.2, 0) is 17.8 Å². The van der Waals surface area contributed by atoms with E-state index in [2.05, 4.69) is 5.18 Å². The van der Waals surface area contributed by atoms with Gasteiger partial charge in [-0.2, -0.15) is 0 Å². The van der Waals surface area contributed by atoms with Gasteiger partial charge >= 0.3 is 0 Å². The number of nitroso groups, excluding NO2 is 1. The van der Waals surface area contributed by atoms with Crippen molar-refractivity contribution in [3.63, 3.8) is 0 Å². The molecule has 0 aliphatic carbocycles. The molecular formula is C17H16N2O2. The molecule has 0 fully saturated rings. The van der Waals surface area contributed by atoms with Gasteiger partial charge in [0.25, 0.3) is 5.91 Å². The van der Waals surface area contributed by atoms with Crippen LogP contribution in [0, 0.1) is 4.91 Å². The van der Waals surface area contributed by atoms with Gasteiger partial charge in [0.1, 0.15) is 0 Å². The van der Waals surface area contributed by atoms with Crippen molar-refractivity contribution in [2.75, 3.05) is 6.54 Å². The van der Waals surface area contributed by atoms with E-state index < -0.39 is 6.04 Å². The van der Waals surface area contributed by atoms with Crippen LogP contribution in [0.4, 0.5) is 0 Å². The molecule has 3 rings (SSSR count). The van der Waals surface area contributed by atoms with Crippen LogP contribution in [0.25, 0.3) is 0 Å². The molecule has 2 aromatic carbocycles. The Morgan fingerprint density at radius 2 is 1.76 bits per heavy atom. The highest BCUT2D eigenvalue weighted by Crippen LogP contribution is 2.28. The number of amides is 1. The topological polar surface area (TPSA) is 49.7 Å². The summed E-state index contributed by atoms with van der Waals surface area (Å²) in [5, 5.41) is 3.08. The van der Waals surface area contributed by atoms with Crippen LogP contribution in [0.15, 0.2) is 59.8 Å². The standard InChI is InChI=1S/C17H16N2O2/c20-17-16(18-21)15-9-5-4-8-14(15)10-11-19(17)12-13-6-2-1-3-7-13/h1-9,16H,10-12H2. The number of nitrogens with zero attached hydrogens (tertiary/aromatic N) is 2. The molecule has 1 amide bonds. The molecule has 4 nitrogen and oxygen atoms in total. The van der Waals surface area contributed by atoms with Gasteiger partial charge in [0.2, 0.25) is 0 Å². The second kappa shape index (κ2) is 5.87. The number of carbonyl (C=O) groups excluding carboxylic acids is 1. The zero-order valence-electron chi connectivity index (χ0n) is 11.6. The SMILES string of the molecule is O=NC1C(=O)N(Cc2ccccc2)CCc2ccccc21. The molecule has 1 heterocycles. The lowest BCUT2D eigenvalue weighted by atomic mass is 10.00. The molecule has 0 saturated heterocycles. The molecule has 0 aromatic heterocycles.